The fourth-order valence-electron chi connectivity index (χ4n) is 10.4. The second-order valence-electron chi connectivity index (χ2n) is 17.4. The van der Waals surface area contributed by atoms with Crippen LogP contribution in [0.5, 0.6) is 0 Å². The van der Waals surface area contributed by atoms with Gasteiger partial charge >= 0.3 is 8.56 Å². The molecule has 0 aromatic carbocycles. The zero-order valence-electron chi connectivity index (χ0n) is 37.9. The summed E-state index contributed by atoms with van der Waals surface area (Å²) >= 11 is 0. The van der Waals surface area contributed by atoms with Crippen molar-refractivity contribution in [2.24, 2.45) is 29.6 Å². The lowest BCUT2D eigenvalue weighted by Gasteiger charge is -2.46. The van der Waals surface area contributed by atoms with Crippen molar-refractivity contribution in [2.45, 2.75) is 225 Å². The number of hydrogen-bond acceptors (Lipinski definition) is 8. The van der Waals surface area contributed by atoms with Crippen LogP contribution < -0.4 is 0 Å². The molecular weight excluding hydrogens is 709 g/mol. The molecule has 0 spiro atoms. The molecule has 4 heterocycles. The van der Waals surface area contributed by atoms with Crippen molar-refractivity contribution in [2.75, 3.05) is 41.7 Å². The molecule has 0 amide bonds. The van der Waals surface area contributed by atoms with Crippen LogP contribution in [0.2, 0.25) is 12.1 Å². The predicted molar refractivity (Wildman–Crippen MR) is 228 cm³/mol. The third-order valence-electron chi connectivity index (χ3n) is 14.3. The van der Waals surface area contributed by atoms with E-state index in [1.54, 1.807) is 0 Å². The van der Waals surface area contributed by atoms with Gasteiger partial charge in [-0.2, -0.15) is 0 Å². The first-order chi connectivity index (χ1) is 26.8. The lowest BCUT2D eigenvalue weighted by atomic mass is 9.70. The van der Waals surface area contributed by atoms with Gasteiger partial charge in [0, 0.05) is 53.5 Å². The van der Waals surface area contributed by atoms with E-state index in [1.807, 2.05) is 28.4 Å². The van der Waals surface area contributed by atoms with Crippen molar-refractivity contribution < 1.29 is 37.3 Å². The number of rotatable bonds is 32. The van der Waals surface area contributed by atoms with E-state index in [2.05, 4.69) is 48.5 Å². The lowest BCUT2D eigenvalue weighted by molar-refractivity contribution is -0.287. The van der Waals surface area contributed by atoms with Crippen LogP contribution in [-0.4, -0.2) is 92.6 Å². The van der Waals surface area contributed by atoms with Crippen LogP contribution >= 0.6 is 0 Å². The van der Waals surface area contributed by atoms with Gasteiger partial charge in [0.15, 0.2) is 5.79 Å². The highest BCUT2D eigenvalue weighted by atomic mass is 28.4. The molecule has 0 radical (unpaired) electrons. The molecular formula is C46H90O8Si. The molecule has 4 rings (SSSR count). The normalized spacial score (nSPS) is 27.5. The van der Waals surface area contributed by atoms with Gasteiger partial charge < -0.3 is 37.3 Å². The number of epoxide rings is 2. The predicted octanol–water partition coefficient (Wildman–Crippen LogP) is 11.7. The Morgan fingerprint density at radius 3 is 1.47 bits per heavy atom. The fraction of sp³-hybridized carbons (Fsp3) is 1.00. The zero-order valence-corrected chi connectivity index (χ0v) is 38.9. The molecule has 0 aliphatic carbocycles. The van der Waals surface area contributed by atoms with Crippen LogP contribution in [0, 0.1) is 29.6 Å². The van der Waals surface area contributed by atoms with Crippen LogP contribution in [0.3, 0.4) is 0 Å². The zero-order chi connectivity index (χ0) is 40.3. The second kappa shape index (κ2) is 26.2. The summed E-state index contributed by atoms with van der Waals surface area (Å²) in [4.78, 5) is 0. The second-order valence-corrected chi connectivity index (χ2v) is 21.0. The molecule has 4 saturated heterocycles. The van der Waals surface area contributed by atoms with Crippen molar-refractivity contribution in [3.63, 3.8) is 0 Å². The maximum atomic E-state index is 6.42. The number of hydrogen-bond donors (Lipinski definition) is 0. The van der Waals surface area contributed by atoms with Gasteiger partial charge in [-0.3, -0.25) is 0 Å². The first-order valence-electron chi connectivity index (χ1n) is 23.5. The summed E-state index contributed by atoms with van der Waals surface area (Å²) in [6.45, 7) is 17.8. The van der Waals surface area contributed by atoms with Crippen LogP contribution in [0.15, 0.2) is 0 Å². The molecule has 4 fully saturated rings. The van der Waals surface area contributed by atoms with Gasteiger partial charge in [0.1, 0.15) is 0 Å². The standard InChI is InChI=1S/C28H54O4.C18H36O4Si/c1-8-13-14-15-16-17-20-23(21(11-4)26-24(31-26)18-9-2)28(29-6,30-7)22(12-5)27-25(32-27)19-10-3;1-5-15(17-7-11-21-17)9-13-23(19-3,20-4)14-10-16(6-2)18-8-12-22-18/h21-27H,8-20H2,1-7H3;15-18H,5-14H2,1-4H3. The van der Waals surface area contributed by atoms with E-state index >= 15 is 0 Å². The van der Waals surface area contributed by atoms with Gasteiger partial charge in [0.25, 0.3) is 0 Å². The molecule has 0 aromatic heterocycles. The topological polar surface area (TPSA) is 80.4 Å². The molecule has 9 heteroatoms. The van der Waals surface area contributed by atoms with Crippen molar-refractivity contribution in [3.05, 3.63) is 0 Å². The van der Waals surface area contributed by atoms with Gasteiger partial charge in [-0.1, -0.05) is 119 Å². The van der Waals surface area contributed by atoms with Crippen molar-refractivity contribution >= 4 is 8.56 Å². The van der Waals surface area contributed by atoms with Crippen LogP contribution in [0.1, 0.15) is 170 Å². The summed E-state index contributed by atoms with van der Waals surface area (Å²) in [5, 5.41) is 0. The maximum absolute atomic E-state index is 6.42. The highest BCUT2D eigenvalue weighted by Crippen LogP contribution is 2.52. The molecule has 326 valence electrons. The van der Waals surface area contributed by atoms with Crippen LogP contribution in [0.4, 0.5) is 0 Å². The molecule has 55 heavy (non-hydrogen) atoms. The monoisotopic (exact) mass is 799 g/mol. The van der Waals surface area contributed by atoms with E-state index in [0.717, 1.165) is 57.4 Å². The van der Waals surface area contributed by atoms with Gasteiger partial charge in [-0.15, -0.1) is 0 Å². The average Bonchev–Trinajstić information content (AvgIpc) is 4.10. The largest absolute Gasteiger partial charge is 0.398 e. The number of unbranched alkanes of at least 4 members (excludes halogenated alkanes) is 5. The molecule has 0 saturated carbocycles. The van der Waals surface area contributed by atoms with Gasteiger partial charge in [0.2, 0.25) is 0 Å². The van der Waals surface area contributed by atoms with E-state index < -0.39 is 14.3 Å². The molecule has 11 unspecified atom stereocenters. The van der Waals surface area contributed by atoms with E-state index in [4.69, 9.17) is 37.3 Å². The highest BCUT2D eigenvalue weighted by Gasteiger charge is 2.60. The van der Waals surface area contributed by atoms with Gasteiger partial charge in [0.05, 0.1) is 36.6 Å². The first kappa shape index (κ1) is 49.3. The van der Waals surface area contributed by atoms with Crippen LogP contribution in [-0.2, 0) is 37.3 Å². The Morgan fingerprint density at radius 2 is 1.07 bits per heavy atom. The molecule has 8 nitrogen and oxygen atoms in total. The third kappa shape index (κ3) is 14.0. The highest BCUT2D eigenvalue weighted by molar-refractivity contribution is 6.67. The van der Waals surface area contributed by atoms with E-state index in [-0.39, 0.29) is 12.0 Å². The first-order valence-corrected chi connectivity index (χ1v) is 25.7. The van der Waals surface area contributed by atoms with E-state index in [0.29, 0.717) is 54.2 Å². The summed E-state index contributed by atoms with van der Waals surface area (Å²) in [7, 11) is 5.33. The average molecular weight is 799 g/mol. The van der Waals surface area contributed by atoms with Gasteiger partial charge in [-0.25, -0.2) is 0 Å². The Morgan fingerprint density at radius 1 is 0.582 bits per heavy atom. The van der Waals surface area contributed by atoms with E-state index in [1.165, 1.54) is 89.9 Å². The minimum absolute atomic E-state index is 0.260. The van der Waals surface area contributed by atoms with Crippen molar-refractivity contribution in [3.8, 4) is 0 Å². The third-order valence-corrected chi connectivity index (χ3v) is 17.9. The molecule has 4 aliphatic rings. The summed E-state index contributed by atoms with van der Waals surface area (Å²) < 4.78 is 48.6. The summed E-state index contributed by atoms with van der Waals surface area (Å²) in [6.07, 6.45) is 25.4. The Kier molecular flexibility index (Phi) is 23.4. The Labute approximate surface area is 341 Å². The number of ether oxygens (including phenoxy) is 6. The summed E-state index contributed by atoms with van der Waals surface area (Å²) in [5.41, 5.74) is 0. The lowest BCUT2D eigenvalue weighted by Crippen LogP contribution is -2.54. The van der Waals surface area contributed by atoms with Crippen molar-refractivity contribution in [1.82, 2.24) is 0 Å². The molecule has 4 aliphatic heterocycles. The maximum Gasteiger partial charge on any atom is 0.337 e. The SMILES string of the molecule is CCC(CC[Si](CCC(CC)C1CCO1)(OC)OC)C1CCO1.CCCCCCCCC(C(CC)C1OC1CCC)C(OC)(OC)C(CC)C1OC1CCC. The Balaban J connectivity index is 0.000000311. The minimum Gasteiger partial charge on any atom is -0.398 e. The van der Waals surface area contributed by atoms with Crippen molar-refractivity contribution in [1.29, 1.82) is 0 Å². The van der Waals surface area contributed by atoms with E-state index in [9.17, 15) is 0 Å². The summed E-state index contributed by atoms with van der Waals surface area (Å²) in [5.74, 6) is 1.79. The molecule has 0 aromatic rings. The minimum atomic E-state index is -2.08. The summed E-state index contributed by atoms with van der Waals surface area (Å²) in [6, 6.07) is 2.17. The number of methoxy groups -OCH3 is 2. The molecule has 0 bridgehead atoms. The van der Waals surface area contributed by atoms with Gasteiger partial charge in [-0.05, 0) is 81.2 Å². The van der Waals surface area contributed by atoms with Crippen LogP contribution in [0.25, 0.3) is 0 Å². The Hall–Kier alpha value is -0.103. The molecule has 11 atom stereocenters. The smallest absolute Gasteiger partial charge is 0.337 e. The fourth-order valence-corrected chi connectivity index (χ4v) is 13.2. The Bertz CT molecular complexity index is 942. The molecule has 0 N–H and O–H groups in total. The quantitative estimate of drug-likeness (QED) is 0.0288.